The average Bonchev–Trinajstić information content (AvgIpc) is 3.22. The molecule has 0 N–H and O–H groups in total. The zero-order valence-electron chi connectivity index (χ0n) is 16.2. The zero-order chi connectivity index (χ0) is 19.5. The molecule has 0 spiro atoms. The van der Waals surface area contributed by atoms with Gasteiger partial charge < -0.3 is 0 Å². The van der Waals surface area contributed by atoms with Crippen LogP contribution in [0.3, 0.4) is 0 Å². The van der Waals surface area contributed by atoms with Crippen molar-refractivity contribution in [3.8, 4) is 0 Å². The number of hydrogen-bond donors (Lipinski definition) is 0. The molecule has 4 aromatic rings. The van der Waals surface area contributed by atoms with E-state index in [-0.39, 0.29) is 5.92 Å². The Morgan fingerprint density at radius 3 is 1.41 bits per heavy atom. The summed E-state index contributed by atoms with van der Waals surface area (Å²) in [6.07, 6.45) is 2.44. The van der Waals surface area contributed by atoms with Crippen LogP contribution in [-0.4, -0.2) is 0 Å². The van der Waals surface area contributed by atoms with Crippen molar-refractivity contribution in [2.75, 3.05) is 0 Å². The van der Waals surface area contributed by atoms with Crippen molar-refractivity contribution in [2.45, 2.75) is 5.92 Å². The van der Waals surface area contributed by atoms with Gasteiger partial charge in [0.25, 0.3) is 0 Å². The fourth-order valence-electron chi connectivity index (χ4n) is 4.27. The SMILES string of the molecule is C1=C(c2ccccc2)C(c2ccccc2)=C(c2ccccc2)C1c1ccccc1. The van der Waals surface area contributed by atoms with Crippen LogP contribution in [0.1, 0.15) is 28.2 Å². The molecule has 0 saturated carbocycles. The van der Waals surface area contributed by atoms with Gasteiger partial charge in [-0.25, -0.2) is 0 Å². The summed E-state index contributed by atoms with van der Waals surface area (Å²) < 4.78 is 0. The van der Waals surface area contributed by atoms with E-state index < -0.39 is 0 Å². The number of rotatable bonds is 4. The molecule has 5 rings (SSSR count). The van der Waals surface area contributed by atoms with E-state index in [1.165, 1.54) is 39.0 Å². The highest BCUT2D eigenvalue weighted by atomic mass is 14.3. The van der Waals surface area contributed by atoms with Crippen molar-refractivity contribution < 1.29 is 0 Å². The van der Waals surface area contributed by atoms with Crippen molar-refractivity contribution in [1.82, 2.24) is 0 Å². The normalized spacial score (nSPS) is 16.0. The molecular weight excluding hydrogens is 348 g/mol. The van der Waals surface area contributed by atoms with Crippen molar-refractivity contribution in [2.24, 2.45) is 0 Å². The van der Waals surface area contributed by atoms with Crippen molar-refractivity contribution in [3.63, 3.8) is 0 Å². The minimum absolute atomic E-state index is 0.226. The highest BCUT2D eigenvalue weighted by molar-refractivity contribution is 6.19. The fraction of sp³-hybridized carbons (Fsp3) is 0.0345. The zero-order valence-corrected chi connectivity index (χ0v) is 16.2. The van der Waals surface area contributed by atoms with Crippen LogP contribution in [-0.2, 0) is 0 Å². The van der Waals surface area contributed by atoms with E-state index in [2.05, 4.69) is 127 Å². The Kier molecular flexibility index (Phi) is 4.68. The first-order chi connectivity index (χ1) is 14.4. The third kappa shape index (κ3) is 3.34. The van der Waals surface area contributed by atoms with E-state index in [1.807, 2.05) is 0 Å². The molecule has 1 atom stereocenters. The Labute approximate surface area is 172 Å². The van der Waals surface area contributed by atoms with Gasteiger partial charge in [0.05, 0.1) is 0 Å². The van der Waals surface area contributed by atoms with E-state index in [0.717, 1.165) is 0 Å². The van der Waals surface area contributed by atoms with Gasteiger partial charge in [-0.2, -0.15) is 0 Å². The predicted molar refractivity (Wildman–Crippen MR) is 123 cm³/mol. The van der Waals surface area contributed by atoms with Gasteiger partial charge in [0.2, 0.25) is 0 Å². The summed E-state index contributed by atoms with van der Waals surface area (Å²) in [6, 6.07) is 43.2. The maximum absolute atomic E-state index is 2.44. The van der Waals surface area contributed by atoms with Gasteiger partial charge in [0.1, 0.15) is 0 Å². The molecule has 0 aliphatic heterocycles. The highest BCUT2D eigenvalue weighted by Gasteiger charge is 2.30. The lowest BCUT2D eigenvalue weighted by molar-refractivity contribution is 1.12. The molecule has 0 heterocycles. The first-order valence-corrected chi connectivity index (χ1v) is 10.1. The number of hydrogen-bond acceptors (Lipinski definition) is 0. The maximum atomic E-state index is 2.44. The third-order valence-corrected chi connectivity index (χ3v) is 5.57. The van der Waals surface area contributed by atoms with Crippen LogP contribution in [0.2, 0.25) is 0 Å². The van der Waals surface area contributed by atoms with Crippen LogP contribution in [0.4, 0.5) is 0 Å². The summed E-state index contributed by atoms with van der Waals surface area (Å²) in [4.78, 5) is 0. The second-order valence-corrected chi connectivity index (χ2v) is 7.36. The maximum Gasteiger partial charge on any atom is 0.0291 e. The van der Waals surface area contributed by atoms with E-state index in [1.54, 1.807) is 0 Å². The summed E-state index contributed by atoms with van der Waals surface area (Å²) in [5.41, 5.74) is 9.15. The molecular formula is C29H22. The molecule has 0 nitrogen and oxygen atoms in total. The van der Waals surface area contributed by atoms with Gasteiger partial charge in [-0.1, -0.05) is 127 Å². The van der Waals surface area contributed by atoms with E-state index in [4.69, 9.17) is 0 Å². The predicted octanol–water partition coefficient (Wildman–Crippen LogP) is 7.48. The van der Waals surface area contributed by atoms with Gasteiger partial charge in [-0.3, -0.25) is 0 Å². The molecule has 0 aromatic heterocycles. The lowest BCUT2D eigenvalue weighted by Crippen LogP contribution is -1.98. The summed E-state index contributed by atoms with van der Waals surface area (Å²) >= 11 is 0. The standard InChI is InChI=1S/C29H22/c1-5-13-22(14-6-1)26-21-27(23-15-7-2-8-16-23)29(25-19-11-4-12-20-25)28(26)24-17-9-3-10-18-24/h1-21,26H. The molecule has 0 bridgehead atoms. The van der Waals surface area contributed by atoms with Crippen LogP contribution in [0.15, 0.2) is 127 Å². The minimum Gasteiger partial charge on any atom is -0.0641 e. The van der Waals surface area contributed by atoms with Crippen molar-refractivity contribution in [1.29, 1.82) is 0 Å². The van der Waals surface area contributed by atoms with Gasteiger partial charge in [-0.05, 0) is 39.0 Å². The van der Waals surface area contributed by atoms with Gasteiger partial charge in [-0.15, -0.1) is 0 Å². The van der Waals surface area contributed by atoms with Crippen molar-refractivity contribution >= 4 is 16.7 Å². The summed E-state index contributed by atoms with van der Waals surface area (Å²) in [6.45, 7) is 0. The van der Waals surface area contributed by atoms with E-state index >= 15 is 0 Å². The second-order valence-electron chi connectivity index (χ2n) is 7.36. The topological polar surface area (TPSA) is 0 Å². The Morgan fingerprint density at radius 1 is 0.414 bits per heavy atom. The molecule has 1 aliphatic rings. The highest BCUT2D eigenvalue weighted by Crippen LogP contribution is 2.51. The van der Waals surface area contributed by atoms with Crippen LogP contribution >= 0.6 is 0 Å². The van der Waals surface area contributed by atoms with Gasteiger partial charge in [0, 0.05) is 5.92 Å². The lowest BCUT2D eigenvalue weighted by atomic mass is 9.85. The Bertz CT molecular complexity index is 1150. The van der Waals surface area contributed by atoms with E-state index in [0.29, 0.717) is 0 Å². The molecule has 4 aromatic carbocycles. The molecule has 0 heteroatoms. The summed E-state index contributed by atoms with van der Waals surface area (Å²) in [7, 11) is 0. The van der Waals surface area contributed by atoms with Crippen LogP contribution in [0.5, 0.6) is 0 Å². The molecule has 29 heavy (non-hydrogen) atoms. The molecule has 0 saturated heterocycles. The Balaban J connectivity index is 1.81. The summed E-state index contributed by atoms with van der Waals surface area (Å²) in [5.74, 6) is 0.226. The molecule has 0 fully saturated rings. The van der Waals surface area contributed by atoms with Gasteiger partial charge >= 0.3 is 0 Å². The number of benzene rings is 4. The molecule has 1 unspecified atom stereocenters. The first-order valence-electron chi connectivity index (χ1n) is 10.1. The smallest absolute Gasteiger partial charge is 0.0291 e. The van der Waals surface area contributed by atoms with Gasteiger partial charge in [0.15, 0.2) is 0 Å². The monoisotopic (exact) mass is 370 g/mol. The Morgan fingerprint density at radius 2 is 0.862 bits per heavy atom. The molecule has 1 aliphatic carbocycles. The quantitative estimate of drug-likeness (QED) is 0.349. The largest absolute Gasteiger partial charge is 0.0641 e. The third-order valence-electron chi connectivity index (χ3n) is 5.57. The van der Waals surface area contributed by atoms with E-state index in [9.17, 15) is 0 Å². The fourth-order valence-corrected chi connectivity index (χ4v) is 4.27. The molecule has 138 valence electrons. The average molecular weight is 370 g/mol. The minimum atomic E-state index is 0.226. The lowest BCUT2D eigenvalue weighted by Gasteiger charge is -2.18. The Hall–Kier alpha value is -3.64. The second kappa shape index (κ2) is 7.77. The first kappa shape index (κ1) is 17.5. The van der Waals surface area contributed by atoms with Crippen LogP contribution in [0.25, 0.3) is 16.7 Å². The van der Waals surface area contributed by atoms with Crippen LogP contribution < -0.4 is 0 Å². The number of allylic oxidation sites excluding steroid dienone is 4. The van der Waals surface area contributed by atoms with Crippen molar-refractivity contribution in [3.05, 3.63) is 150 Å². The van der Waals surface area contributed by atoms with Crippen LogP contribution in [0, 0.1) is 0 Å². The summed E-state index contributed by atoms with van der Waals surface area (Å²) in [5, 5.41) is 0. The molecule has 0 amide bonds. The molecule has 0 radical (unpaired) electrons.